The minimum absolute atomic E-state index is 0.0124. The number of carbonyl (C=O) groups excluding carboxylic acids is 2. The Morgan fingerprint density at radius 2 is 1.86 bits per heavy atom. The Morgan fingerprint density at radius 1 is 1.10 bits per heavy atom. The molecular weight excluding hydrogens is 366 g/mol. The Kier molecular flexibility index (Phi) is 6.09. The van der Waals surface area contributed by atoms with E-state index in [0.717, 1.165) is 44.0 Å². The first-order valence-electron chi connectivity index (χ1n) is 11.1. The van der Waals surface area contributed by atoms with Crippen molar-refractivity contribution in [3.05, 3.63) is 29.7 Å². The van der Waals surface area contributed by atoms with Gasteiger partial charge < -0.3 is 14.2 Å². The smallest absolute Gasteiger partial charge is 0.246 e. The van der Waals surface area contributed by atoms with E-state index in [4.69, 9.17) is 4.42 Å². The largest absolute Gasteiger partial charge is 0.461 e. The molecule has 0 spiro atoms. The summed E-state index contributed by atoms with van der Waals surface area (Å²) in [6, 6.07) is 4.32. The molecule has 3 fully saturated rings. The number of hydrogen-bond donors (Lipinski definition) is 0. The second-order valence-electron chi connectivity index (χ2n) is 8.93. The summed E-state index contributed by atoms with van der Waals surface area (Å²) in [6.45, 7) is 8.55. The van der Waals surface area contributed by atoms with Gasteiger partial charge in [-0.2, -0.15) is 0 Å². The van der Waals surface area contributed by atoms with E-state index in [9.17, 15) is 9.59 Å². The topological polar surface area (TPSA) is 57.0 Å². The number of hydrogen-bond acceptors (Lipinski definition) is 4. The summed E-state index contributed by atoms with van der Waals surface area (Å²) in [4.78, 5) is 31.2. The number of furan rings is 1. The molecule has 0 N–H and O–H groups in total. The predicted octanol–water partition coefficient (Wildman–Crippen LogP) is 2.96. The van der Waals surface area contributed by atoms with Gasteiger partial charge in [-0.3, -0.25) is 14.5 Å². The third-order valence-corrected chi connectivity index (χ3v) is 6.68. The van der Waals surface area contributed by atoms with E-state index < -0.39 is 0 Å². The zero-order valence-electron chi connectivity index (χ0n) is 17.7. The molecule has 1 saturated carbocycles. The highest BCUT2D eigenvalue weighted by atomic mass is 16.3. The lowest BCUT2D eigenvalue weighted by molar-refractivity contribution is -0.136. The molecule has 0 bridgehead atoms. The lowest BCUT2D eigenvalue weighted by atomic mass is 10.0. The van der Waals surface area contributed by atoms with E-state index >= 15 is 0 Å². The summed E-state index contributed by atoms with van der Waals surface area (Å²) >= 11 is 0. The van der Waals surface area contributed by atoms with Crippen LogP contribution in [-0.2, 0) is 9.59 Å². The van der Waals surface area contributed by atoms with Crippen molar-refractivity contribution in [3.8, 4) is 0 Å². The van der Waals surface area contributed by atoms with Crippen LogP contribution in [0.1, 0.15) is 57.0 Å². The highest BCUT2D eigenvalue weighted by Gasteiger charge is 2.36. The van der Waals surface area contributed by atoms with Gasteiger partial charge >= 0.3 is 0 Å². The molecule has 29 heavy (non-hydrogen) atoms. The van der Waals surface area contributed by atoms with E-state index in [1.54, 1.807) is 12.2 Å². The maximum atomic E-state index is 12.6. The maximum Gasteiger partial charge on any atom is 0.246 e. The number of nitrogens with zero attached hydrogens (tertiary/aromatic N) is 3. The van der Waals surface area contributed by atoms with Crippen molar-refractivity contribution in [1.82, 2.24) is 14.7 Å². The minimum atomic E-state index is 0.0124. The molecule has 158 valence electrons. The van der Waals surface area contributed by atoms with Crippen LogP contribution in [0.4, 0.5) is 0 Å². The minimum Gasteiger partial charge on any atom is -0.461 e. The molecule has 1 aromatic heterocycles. The molecule has 0 radical (unpaired) electrons. The fourth-order valence-corrected chi connectivity index (χ4v) is 4.51. The van der Waals surface area contributed by atoms with Crippen LogP contribution in [0, 0.1) is 5.92 Å². The molecule has 3 heterocycles. The Bertz CT molecular complexity index is 763. The summed E-state index contributed by atoms with van der Waals surface area (Å²) in [5.41, 5.74) is 0. The Hall–Kier alpha value is -2.08. The second kappa shape index (κ2) is 8.74. The molecule has 1 aliphatic carbocycles. The number of likely N-dealkylation sites (tertiary alicyclic amines) is 1. The second-order valence-corrected chi connectivity index (χ2v) is 8.93. The molecule has 3 atom stereocenters. The van der Waals surface area contributed by atoms with Gasteiger partial charge in [0.2, 0.25) is 11.8 Å². The van der Waals surface area contributed by atoms with Crippen LogP contribution in [-0.4, -0.2) is 71.8 Å². The molecule has 2 aliphatic heterocycles. The average Bonchev–Trinajstić information content (AvgIpc) is 3.26. The molecule has 2 saturated heterocycles. The predicted molar refractivity (Wildman–Crippen MR) is 112 cm³/mol. The lowest BCUT2D eigenvalue weighted by Gasteiger charge is -2.37. The first-order chi connectivity index (χ1) is 14.0. The molecular formula is C23H33N3O3. The molecule has 3 unspecified atom stereocenters. The van der Waals surface area contributed by atoms with E-state index in [1.165, 1.54) is 12.8 Å². The van der Waals surface area contributed by atoms with Crippen molar-refractivity contribution in [3.63, 3.8) is 0 Å². The third kappa shape index (κ3) is 4.92. The molecule has 4 rings (SSSR count). The molecule has 6 heteroatoms. The fraction of sp³-hybridized carbons (Fsp3) is 0.652. The number of piperidine rings is 1. The van der Waals surface area contributed by atoms with Crippen molar-refractivity contribution in [1.29, 1.82) is 0 Å². The highest BCUT2D eigenvalue weighted by molar-refractivity contribution is 5.91. The molecule has 6 nitrogen and oxygen atoms in total. The first kappa shape index (κ1) is 20.2. The maximum absolute atomic E-state index is 12.6. The summed E-state index contributed by atoms with van der Waals surface area (Å²) in [7, 11) is 0. The summed E-state index contributed by atoms with van der Waals surface area (Å²) in [6.07, 6.45) is 8.01. The van der Waals surface area contributed by atoms with Crippen molar-refractivity contribution in [2.45, 2.75) is 51.5 Å². The first-order valence-corrected chi connectivity index (χ1v) is 11.1. The quantitative estimate of drug-likeness (QED) is 0.715. The van der Waals surface area contributed by atoms with Gasteiger partial charge in [0.1, 0.15) is 11.5 Å². The van der Waals surface area contributed by atoms with Gasteiger partial charge in [0.15, 0.2) is 0 Å². The summed E-state index contributed by atoms with van der Waals surface area (Å²) < 4.78 is 5.83. The van der Waals surface area contributed by atoms with Gasteiger partial charge in [-0.05, 0) is 56.7 Å². The zero-order chi connectivity index (χ0) is 20.4. The van der Waals surface area contributed by atoms with Crippen molar-refractivity contribution < 1.29 is 14.0 Å². The molecule has 2 amide bonds. The Labute approximate surface area is 173 Å². The highest BCUT2D eigenvalue weighted by Crippen LogP contribution is 2.47. The van der Waals surface area contributed by atoms with Gasteiger partial charge in [0, 0.05) is 50.8 Å². The van der Waals surface area contributed by atoms with E-state index in [2.05, 4.69) is 18.7 Å². The normalized spacial score (nSPS) is 28.1. The van der Waals surface area contributed by atoms with E-state index in [0.29, 0.717) is 37.5 Å². The number of carbonyl (C=O) groups is 2. The molecule has 1 aromatic rings. The lowest BCUT2D eigenvalue weighted by Crippen LogP contribution is -2.52. The Balaban J connectivity index is 1.22. The average molecular weight is 400 g/mol. The standard InChI is InChI=1S/C23H33N3O3/c1-17-15-20(17)21-8-6-19(29-21)7-9-22(27)25-13-11-24(12-14-25)16-23(28)26-10-4-3-5-18(26)2/h6-9,17-18,20H,3-5,10-16H2,1-2H3/b9-7+. The van der Waals surface area contributed by atoms with Gasteiger partial charge in [-0.1, -0.05) is 6.92 Å². The monoisotopic (exact) mass is 399 g/mol. The van der Waals surface area contributed by atoms with Crippen molar-refractivity contribution >= 4 is 17.9 Å². The third-order valence-electron chi connectivity index (χ3n) is 6.68. The van der Waals surface area contributed by atoms with Gasteiger partial charge in [-0.15, -0.1) is 0 Å². The van der Waals surface area contributed by atoms with Gasteiger partial charge in [0.25, 0.3) is 0 Å². The summed E-state index contributed by atoms with van der Waals surface area (Å²) in [5, 5.41) is 0. The van der Waals surface area contributed by atoms with Crippen LogP contribution in [0.2, 0.25) is 0 Å². The van der Waals surface area contributed by atoms with Gasteiger partial charge in [0.05, 0.1) is 6.54 Å². The van der Waals surface area contributed by atoms with Crippen molar-refractivity contribution in [2.75, 3.05) is 39.3 Å². The SMILES string of the molecule is CC1CC1c1ccc(/C=C/C(=O)N2CCN(CC(=O)N3CCCCC3C)CC2)o1. The number of rotatable bonds is 5. The summed E-state index contributed by atoms with van der Waals surface area (Å²) in [5.74, 6) is 3.28. The van der Waals surface area contributed by atoms with Gasteiger partial charge in [-0.25, -0.2) is 0 Å². The van der Waals surface area contributed by atoms with E-state index in [1.807, 2.05) is 21.9 Å². The zero-order valence-corrected chi connectivity index (χ0v) is 17.7. The number of piperazine rings is 1. The molecule has 3 aliphatic rings. The van der Waals surface area contributed by atoms with Crippen LogP contribution in [0.5, 0.6) is 0 Å². The Morgan fingerprint density at radius 3 is 2.55 bits per heavy atom. The van der Waals surface area contributed by atoms with E-state index in [-0.39, 0.29) is 11.8 Å². The fourth-order valence-electron chi connectivity index (χ4n) is 4.51. The van der Waals surface area contributed by atoms with Crippen molar-refractivity contribution in [2.24, 2.45) is 5.92 Å². The van der Waals surface area contributed by atoms with Crippen LogP contribution in [0.25, 0.3) is 6.08 Å². The van der Waals surface area contributed by atoms with Crippen LogP contribution >= 0.6 is 0 Å². The van der Waals surface area contributed by atoms with Crippen LogP contribution < -0.4 is 0 Å². The van der Waals surface area contributed by atoms with Crippen LogP contribution in [0.3, 0.4) is 0 Å². The van der Waals surface area contributed by atoms with Crippen LogP contribution in [0.15, 0.2) is 22.6 Å². The molecule has 0 aromatic carbocycles. The number of amides is 2.